The molecular weight excluding hydrogens is 404 g/mol. The number of nitrogens with zero attached hydrogens (tertiary/aromatic N) is 4. The van der Waals surface area contributed by atoms with Crippen molar-refractivity contribution in [1.29, 1.82) is 0 Å². The fourth-order valence-corrected chi connectivity index (χ4v) is 4.30. The van der Waals surface area contributed by atoms with Crippen LogP contribution in [0.3, 0.4) is 0 Å². The third kappa shape index (κ3) is 2.90. The molecule has 0 unspecified atom stereocenters. The van der Waals surface area contributed by atoms with Gasteiger partial charge in [-0.15, -0.1) is 0 Å². The number of rotatable bonds is 4. The summed E-state index contributed by atoms with van der Waals surface area (Å²) in [6.07, 6.45) is 0. The SMILES string of the molecule is O=C(O)c1nc2c(Cl)nc(-c3ccccc3)nc2n1S(=O)(=O)c1ccccc1. The maximum absolute atomic E-state index is 13.1. The Morgan fingerprint density at radius 1 is 0.929 bits per heavy atom. The quantitative estimate of drug-likeness (QED) is 0.510. The third-order valence-corrected chi connectivity index (χ3v) is 5.89. The van der Waals surface area contributed by atoms with Crippen molar-refractivity contribution >= 4 is 38.8 Å². The summed E-state index contributed by atoms with van der Waals surface area (Å²) in [5.74, 6) is -2.10. The molecule has 0 fully saturated rings. The summed E-state index contributed by atoms with van der Waals surface area (Å²) in [5.41, 5.74) is 0.270. The van der Waals surface area contributed by atoms with Gasteiger partial charge in [-0.3, -0.25) is 0 Å². The fourth-order valence-electron chi connectivity index (χ4n) is 2.68. The zero-order valence-electron chi connectivity index (χ0n) is 14.0. The van der Waals surface area contributed by atoms with Crippen molar-refractivity contribution in [1.82, 2.24) is 18.9 Å². The lowest BCUT2D eigenvalue weighted by molar-refractivity contribution is 0.0683. The summed E-state index contributed by atoms with van der Waals surface area (Å²) >= 11 is 6.18. The molecule has 0 atom stereocenters. The van der Waals surface area contributed by atoms with Crippen molar-refractivity contribution in [2.75, 3.05) is 0 Å². The Morgan fingerprint density at radius 3 is 2.14 bits per heavy atom. The van der Waals surface area contributed by atoms with Crippen LogP contribution in [0.4, 0.5) is 0 Å². The second-order valence-electron chi connectivity index (χ2n) is 5.70. The van der Waals surface area contributed by atoms with Crippen molar-refractivity contribution in [2.45, 2.75) is 4.90 Å². The largest absolute Gasteiger partial charge is 0.475 e. The summed E-state index contributed by atoms with van der Waals surface area (Å²) in [4.78, 5) is 23.9. The highest BCUT2D eigenvalue weighted by Crippen LogP contribution is 2.28. The standard InChI is InChI=1S/C18H11ClN4O4S/c19-14-13-16(22-15(21-14)11-7-3-1-4-8-11)23(17(20-13)18(24)25)28(26,27)12-9-5-2-6-10-12/h1-10H,(H,24,25). The van der Waals surface area contributed by atoms with Crippen molar-refractivity contribution < 1.29 is 18.3 Å². The van der Waals surface area contributed by atoms with Gasteiger partial charge < -0.3 is 5.11 Å². The number of carbonyl (C=O) groups is 1. The number of fused-ring (bicyclic) bond motifs is 1. The highest BCUT2D eigenvalue weighted by atomic mass is 35.5. The first kappa shape index (κ1) is 18.1. The minimum absolute atomic E-state index is 0.104. The number of hydrogen-bond acceptors (Lipinski definition) is 6. The lowest BCUT2D eigenvalue weighted by Gasteiger charge is -2.08. The Bertz CT molecular complexity index is 1310. The summed E-state index contributed by atoms with van der Waals surface area (Å²) in [6.45, 7) is 0. The summed E-state index contributed by atoms with van der Waals surface area (Å²) in [7, 11) is -4.29. The molecule has 0 amide bonds. The number of carboxylic acids is 1. The maximum Gasteiger partial charge on any atom is 0.373 e. The van der Waals surface area contributed by atoms with Crippen LogP contribution in [0.5, 0.6) is 0 Å². The Labute approximate surface area is 164 Å². The van der Waals surface area contributed by atoms with Crippen LogP contribution in [0, 0.1) is 0 Å². The van der Waals surface area contributed by atoms with Gasteiger partial charge in [-0.1, -0.05) is 60.1 Å². The predicted molar refractivity (Wildman–Crippen MR) is 102 cm³/mol. The van der Waals surface area contributed by atoms with Gasteiger partial charge in [-0.05, 0) is 12.1 Å². The first-order chi connectivity index (χ1) is 13.4. The molecular formula is C18H11ClN4O4S. The Kier molecular flexibility index (Phi) is 4.33. The molecule has 0 saturated carbocycles. The van der Waals surface area contributed by atoms with Crippen LogP contribution in [0.2, 0.25) is 5.15 Å². The van der Waals surface area contributed by atoms with Gasteiger partial charge in [-0.25, -0.2) is 28.2 Å². The molecule has 4 aromatic rings. The topological polar surface area (TPSA) is 115 Å². The molecule has 0 spiro atoms. The van der Waals surface area contributed by atoms with Gasteiger partial charge in [0.15, 0.2) is 16.6 Å². The van der Waals surface area contributed by atoms with Crippen LogP contribution in [-0.4, -0.2) is 38.4 Å². The van der Waals surface area contributed by atoms with Crippen LogP contribution >= 0.6 is 11.6 Å². The van der Waals surface area contributed by atoms with Gasteiger partial charge in [-0.2, -0.15) is 3.97 Å². The molecule has 0 radical (unpaired) electrons. The smallest absolute Gasteiger partial charge is 0.373 e. The van der Waals surface area contributed by atoms with Crippen LogP contribution < -0.4 is 0 Å². The van der Waals surface area contributed by atoms with E-state index in [-0.39, 0.29) is 27.0 Å². The summed E-state index contributed by atoms with van der Waals surface area (Å²) in [6, 6.07) is 16.2. The van der Waals surface area contributed by atoms with E-state index < -0.39 is 21.8 Å². The van der Waals surface area contributed by atoms with E-state index in [2.05, 4.69) is 15.0 Å². The van der Waals surface area contributed by atoms with Crippen LogP contribution in [-0.2, 0) is 10.0 Å². The normalized spacial score (nSPS) is 11.6. The second kappa shape index (κ2) is 6.70. The Balaban J connectivity index is 2.08. The van der Waals surface area contributed by atoms with Gasteiger partial charge in [0, 0.05) is 5.56 Å². The molecule has 10 heteroatoms. The fraction of sp³-hybridized carbons (Fsp3) is 0. The molecule has 28 heavy (non-hydrogen) atoms. The molecule has 0 aliphatic rings. The van der Waals surface area contributed by atoms with Crippen molar-refractivity contribution in [3.8, 4) is 11.4 Å². The van der Waals surface area contributed by atoms with E-state index in [0.717, 1.165) is 0 Å². The van der Waals surface area contributed by atoms with Gasteiger partial charge in [0.1, 0.15) is 5.52 Å². The molecule has 0 saturated heterocycles. The van der Waals surface area contributed by atoms with E-state index in [4.69, 9.17) is 11.6 Å². The van der Waals surface area contributed by atoms with Gasteiger partial charge >= 0.3 is 5.97 Å². The van der Waals surface area contributed by atoms with E-state index >= 15 is 0 Å². The van der Waals surface area contributed by atoms with Gasteiger partial charge in [0.2, 0.25) is 5.82 Å². The van der Waals surface area contributed by atoms with E-state index in [1.165, 1.54) is 24.3 Å². The van der Waals surface area contributed by atoms with E-state index in [0.29, 0.717) is 9.54 Å². The van der Waals surface area contributed by atoms with Gasteiger partial charge in [0.05, 0.1) is 4.90 Å². The second-order valence-corrected chi connectivity index (χ2v) is 7.84. The molecule has 4 rings (SSSR count). The van der Waals surface area contributed by atoms with Crippen LogP contribution in [0.25, 0.3) is 22.6 Å². The van der Waals surface area contributed by atoms with Crippen molar-refractivity contribution in [3.05, 3.63) is 71.6 Å². The maximum atomic E-state index is 13.1. The number of hydrogen-bond donors (Lipinski definition) is 1. The number of benzene rings is 2. The number of imidazole rings is 1. The lowest BCUT2D eigenvalue weighted by atomic mass is 10.2. The minimum Gasteiger partial charge on any atom is -0.475 e. The zero-order valence-corrected chi connectivity index (χ0v) is 15.6. The molecule has 1 N–H and O–H groups in total. The van der Waals surface area contributed by atoms with E-state index in [9.17, 15) is 18.3 Å². The minimum atomic E-state index is -4.29. The molecule has 0 aliphatic heterocycles. The molecule has 0 bridgehead atoms. The lowest BCUT2D eigenvalue weighted by Crippen LogP contribution is -2.19. The third-order valence-electron chi connectivity index (χ3n) is 3.93. The highest BCUT2D eigenvalue weighted by Gasteiger charge is 2.30. The number of aromatic nitrogens is 4. The van der Waals surface area contributed by atoms with Crippen molar-refractivity contribution in [2.24, 2.45) is 0 Å². The first-order valence-corrected chi connectivity index (χ1v) is 9.76. The summed E-state index contributed by atoms with van der Waals surface area (Å²) < 4.78 is 26.9. The summed E-state index contributed by atoms with van der Waals surface area (Å²) in [5, 5.41) is 9.37. The van der Waals surface area contributed by atoms with E-state index in [1.807, 2.05) is 0 Å². The highest BCUT2D eigenvalue weighted by molar-refractivity contribution is 7.90. The molecule has 140 valence electrons. The molecule has 8 nitrogen and oxygen atoms in total. The molecule has 2 heterocycles. The van der Waals surface area contributed by atoms with Crippen LogP contribution in [0.1, 0.15) is 10.6 Å². The molecule has 2 aromatic carbocycles. The first-order valence-electron chi connectivity index (χ1n) is 7.95. The van der Waals surface area contributed by atoms with Gasteiger partial charge in [0.25, 0.3) is 10.0 Å². The number of halogens is 1. The molecule has 0 aliphatic carbocycles. The predicted octanol–water partition coefficient (Wildman–Crippen LogP) is 3.08. The zero-order chi connectivity index (χ0) is 19.9. The average molecular weight is 415 g/mol. The van der Waals surface area contributed by atoms with Crippen LogP contribution in [0.15, 0.2) is 65.6 Å². The molecule has 2 aromatic heterocycles. The monoisotopic (exact) mass is 414 g/mol. The number of aromatic carboxylic acids is 1. The Morgan fingerprint density at radius 2 is 1.54 bits per heavy atom. The average Bonchev–Trinajstić information content (AvgIpc) is 3.11. The van der Waals surface area contributed by atoms with E-state index in [1.54, 1.807) is 36.4 Å². The number of carboxylic acid groups (broad SMARTS) is 1. The van der Waals surface area contributed by atoms with Crippen molar-refractivity contribution in [3.63, 3.8) is 0 Å². The Hall–Kier alpha value is -3.30.